The highest BCUT2D eigenvalue weighted by atomic mass is 16.5. The molecule has 0 radical (unpaired) electrons. The number of rotatable bonds is 4. The van der Waals surface area contributed by atoms with Crippen molar-refractivity contribution in [2.75, 3.05) is 13.2 Å². The van der Waals surface area contributed by atoms with E-state index in [9.17, 15) is 0 Å². The lowest BCUT2D eigenvalue weighted by Crippen LogP contribution is -2.37. The molecule has 1 aromatic rings. The number of nitrogens with one attached hydrogen (secondary N) is 1. The summed E-state index contributed by atoms with van der Waals surface area (Å²) in [6.45, 7) is 3.82. The number of hydrazine groups is 1. The average Bonchev–Trinajstić information content (AvgIpc) is 2.41. The summed E-state index contributed by atoms with van der Waals surface area (Å²) in [5, 5.41) is 0. The molecular weight excluding hydrogens is 214 g/mol. The number of aryl methyl sites for hydroxylation is 1. The van der Waals surface area contributed by atoms with Crippen LogP contribution in [0.25, 0.3) is 0 Å². The van der Waals surface area contributed by atoms with Gasteiger partial charge in [-0.25, -0.2) is 0 Å². The molecule has 0 amide bonds. The van der Waals surface area contributed by atoms with Crippen molar-refractivity contribution in [1.82, 2.24) is 10.4 Å². The topological polar surface area (TPSA) is 60.2 Å². The van der Waals surface area contributed by atoms with Gasteiger partial charge in [-0.15, -0.1) is 0 Å². The maximum atomic E-state index is 5.73. The lowest BCUT2D eigenvalue weighted by molar-refractivity contribution is 0.0389. The molecule has 1 aliphatic heterocycles. The second-order valence-corrected chi connectivity index (χ2v) is 4.55. The zero-order chi connectivity index (χ0) is 12.1. The molecule has 3 N–H and O–H groups in total. The van der Waals surface area contributed by atoms with Gasteiger partial charge in [-0.2, -0.15) is 0 Å². The van der Waals surface area contributed by atoms with Crippen molar-refractivity contribution in [1.29, 1.82) is 0 Å². The molecule has 0 aliphatic carbocycles. The van der Waals surface area contributed by atoms with Crippen LogP contribution in [-0.2, 0) is 11.2 Å². The minimum absolute atomic E-state index is 0.174. The number of hydrogen-bond acceptors (Lipinski definition) is 4. The van der Waals surface area contributed by atoms with Crippen molar-refractivity contribution in [2.24, 2.45) is 11.8 Å². The number of aromatic nitrogens is 1. The second kappa shape index (κ2) is 6.10. The highest BCUT2D eigenvalue weighted by Gasteiger charge is 2.26. The molecular formula is C13H21N3O. The highest BCUT2D eigenvalue weighted by molar-refractivity contribution is 5.27. The number of nitrogens with two attached hydrogens (primary N) is 1. The van der Waals surface area contributed by atoms with Gasteiger partial charge in [0, 0.05) is 24.9 Å². The van der Waals surface area contributed by atoms with E-state index in [1.165, 1.54) is 17.5 Å². The lowest BCUT2D eigenvalue weighted by atomic mass is 9.87. The van der Waals surface area contributed by atoms with Gasteiger partial charge in [0.25, 0.3) is 0 Å². The third-order valence-corrected chi connectivity index (χ3v) is 3.50. The summed E-state index contributed by atoms with van der Waals surface area (Å²) < 4.78 is 5.55. The molecule has 0 aromatic carbocycles. The van der Waals surface area contributed by atoms with Gasteiger partial charge < -0.3 is 4.74 Å². The molecule has 1 aromatic heterocycles. The number of nitrogens with zero attached hydrogens (tertiary/aromatic N) is 1. The number of ether oxygens (including phenoxy) is 1. The molecule has 1 aliphatic rings. The van der Waals surface area contributed by atoms with Crippen LogP contribution in [0.1, 0.15) is 36.9 Å². The van der Waals surface area contributed by atoms with E-state index >= 15 is 0 Å². The van der Waals surface area contributed by atoms with E-state index in [-0.39, 0.29) is 6.04 Å². The fraction of sp³-hybridized carbons (Fsp3) is 0.615. The molecule has 2 unspecified atom stereocenters. The predicted molar refractivity (Wildman–Crippen MR) is 67.2 cm³/mol. The normalized spacial score (nSPS) is 22.4. The van der Waals surface area contributed by atoms with Crippen LogP contribution >= 0.6 is 0 Å². The smallest absolute Gasteiger partial charge is 0.0513 e. The van der Waals surface area contributed by atoms with Crippen LogP contribution in [0.2, 0.25) is 0 Å². The Bertz CT molecular complexity index is 350. The maximum Gasteiger partial charge on any atom is 0.0513 e. The quantitative estimate of drug-likeness (QED) is 0.614. The molecule has 4 nitrogen and oxygen atoms in total. The van der Waals surface area contributed by atoms with Crippen LogP contribution in [0.4, 0.5) is 0 Å². The van der Waals surface area contributed by atoms with Crippen molar-refractivity contribution in [3.8, 4) is 0 Å². The molecule has 1 fully saturated rings. The fourth-order valence-electron chi connectivity index (χ4n) is 2.55. The first kappa shape index (κ1) is 12.5. The molecule has 0 saturated carbocycles. The van der Waals surface area contributed by atoms with Gasteiger partial charge in [-0.05, 0) is 36.5 Å². The average molecular weight is 235 g/mol. The first-order valence-corrected chi connectivity index (χ1v) is 6.33. The van der Waals surface area contributed by atoms with E-state index in [1.54, 1.807) is 0 Å². The summed E-state index contributed by atoms with van der Waals surface area (Å²) in [4.78, 5) is 4.18. The van der Waals surface area contributed by atoms with Crippen molar-refractivity contribution in [3.05, 3.63) is 29.6 Å². The molecule has 17 heavy (non-hydrogen) atoms. The third-order valence-electron chi connectivity index (χ3n) is 3.50. The predicted octanol–water partition coefficient (Wildman–Crippen LogP) is 1.57. The van der Waals surface area contributed by atoms with Gasteiger partial charge in [0.15, 0.2) is 0 Å². The summed E-state index contributed by atoms with van der Waals surface area (Å²) in [5.41, 5.74) is 5.48. The van der Waals surface area contributed by atoms with E-state index < -0.39 is 0 Å². The molecule has 2 heterocycles. The van der Waals surface area contributed by atoms with Crippen molar-refractivity contribution in [3.63, 3.8) is 0 Å². The Labute approximate surface area is 103 Å². The number of pyridine rings is 1. The maximum absolute atomic E-state index is 5.73. The van der Waals surface area contributed by atoms with E-state index in [0.29, 0.717) is 5.92 Å². The molecule has 94 valence electrons. The SMILES string of the molecule is CCc1cnccc1C(NN)C1CCCOC1. The van der Waals surface area contributed by atoms with Gasteiger partial charge in [0.2, 0.25) is 0 Å². The van der Waals surface area contributed by atoms with Crippen molar-refractivity contribution >= 4 is 0 Å². The first-order valence-electron chi connectivity index (χ1n) is 6.33. The highest BCUT2D eigenvalue weighted by Crippen LogP contribution is 2.29. The van der Waals surface area contributed by atoms with Gasteiger partial charge >= 0.3 is 0 Å². The summed E-state index contributed by atoms with van der Waals surface area (Å²) in [6.07, 6.45) is 7.04. The van der Waals surface area contributed by atoms with Crippen LogP contribution in [0.3, 0.4) is 0 Å². The summed E-state index contributed by atoms with van der Waals surface area (Å²) in [6, 6.07) is 2.24. The van der Waals surface area contributed by atoms with E-state index in [0.717, 1.165) is 26.1 Å². The molecule has 2 atom stereocenters. The molecule has 0 spiro atoms. The standard InChI is InChI=1S/C13H21N3O/c1-2-10-8-15-6-5-12(10)13(16-14)11-4-3-7-17-9-11/h5-6,8,11,13,16H,2-4,7,9,14H2,1H3. The molecule has 4 heteroatoms. The number of hydrogen-bond donors (Lipinski definition) is 2. The lowest BCUT2D eigenvalue weighted by Gasteiger charge is -2.31. The van der Waals surface area contributed by atoms with Crippen molar-refractivity contribution in [2.45, 2.75) is 32.2 Å². The Morgan fingerprint density at radius 2 is 2.53 bits per heavy atom. The Morgan fingerprint density at radius 1 is 1.65 bits per heavy atom. The molecule has 1 saturated heterocycles. The van der Waals surface area contributed by atoms with Crippen LogP contribution in [0.5, 0.6) is 0 Å². The van der Waals surface area contributed by atoms with Gasteiger partial charge in [0.1, 0.15) is 0 Å². The fourth-order valence-corrected chi connectivity index (χ4v) is 2.55. The summed E-state index contributed by atoms with van der Waals surface area (Å²) >= 11 is 0. The third kappa shape index (κ3) is 2.83. The van der Waals surface area contributed by atoms with Crippen LogP contribution in [0, 0.1) is 5.92 Å². The zero-order valence-corrected chi connectivity index (χ0v) is 10.4. The summed E-state index contributed by atoms with van der Waals surface area (Å²) in [5.74, 6) is 6.19. The monoisotopic (exact) mass is 235 g/mol. The Hall–Kier alpha value is -0.970. The van der Waals surface area contributed by atoms with Crippen LogP contribution < -0.4 is 11.3 Å². The van der Waals surface area contributed by atoms with Gasteiger partial charge in [-0.3, -0.25) is 16.3 Å². The van der Waals surface area contributed by atoms with Crippen LogP contribution in [0.15, 0.2) is 18.5 Å². The minimum Gasteiger partial charge on any atom is -0.381 e. The largest absolute Gasteiger partial charge is 0.381 e. The summed E-state index contributed by atoms with van der Waals surface area (Å²) in [7, 11) is 0. The van der Waals surface area contributed by atoms with Crippen molar-refractivity contribution < 1.29 is 4.74 Å². The molecule has 2 rings (SSSR count). The van der Waals surface area contributed by atoms with Crippen LogP contribution in [-0.4, -0.2) is 18.2 Å². The van der Waals surface area contributed by atoms with E-state index in [1.807, 2.05) is 12.4 Å². The van der Waals surface area contributed by atoms with Gasteiger partial charge in [-0.1, -0.05) is 6.92 Å². The Kier molecular flexibility index (Phi) is 4.48. The zero-order valence-electron chi connectivity index (χ0n) is 10.4. The van der Waals surface area contributed by atoms with Gasteiger partial charge in [0.05, 0.1) is 12.6 Å². The molecule has 0 bridgehead atoms. The Morgan fingerprint density at radius 3 is 3.18 bits per heavy atom. The van der Waals surface area contributed by atoms with E-state index in [2.05, 4.69) is 23.4 Å². The first-order chi connectivity index (χ1) is 8.36. The second-order valence-electron chi connectivity index (χ2n) is 4.55. The minimum atomic E-state index is 0.174. The van der Waals surface area contributed by atoms with E-state index in [4.69, 9.17) is 10.6 Å². The Balaban J connectivity index is 2.21.